The van der Waals surface area contributed by atoms with Crippen LogP contribution in [0.2, 0.25) is 0 Å². The van der Waals surface area contributed by atoms with Gasteiger partial charge in [-0.3, -0.25) is 4.79 Å². The first-order valence-electron chi connectivity index (χ1n) is 10.8. The second-order valence-corrected chi connectivity index (χ2v) is 11.2. The minimum atomic E-state index is -2.02. The van der Waals surface area contributed by atoms with Crippen LogP contribution in [0.25, 0.3) is 0 Å². The number of unbranched alkanes of at least 4 members (excludes halogenated alkanes) is 4. The second kappa shape index (κ2) is 12.7. The minimum absolute atomic E-state index is 0. The molecule has 0 fully saturated rings. The molecule has 1 nitrogen and oxygen atoms in total. The molecule has 0 atom stereocenters. The van der Waals surface area contributed by atoms with E-state index in [4.69, 9.17) is 0 Å². The van der Waals surface area contributed by atoms with Gasteiger partial charge in [-0.1, -0.05) is 87.2 Å². The largest absolute Gasteiger partial charge is 1.00 e. The van der Waals surface area contributed by atoms with E-state index >= 15 is 0 Å². The van der Waals surface area contributed by atoms with Crippen LogP contribution >= 0.6 is 7.26 Å². The normalized spacial score (nSPS) is 11.0. The van der Waals surface area contributed by atoms with E-state index in [1.165, 1.54) is 35.2 Å². The molecule has 0 heterocycles. The van der Waals surface area contributed by atoms with Crippen LogP contribution in [0, 0.1) is 0 Å². The summed E-state index contributed by atoms with van der Waals surface area (Å²) < 4.78 is 0. The van der Waals surface area contributed by atoms with Gasteiger partial charge in [-0.2, -0.15) is 0 Å². The fraction of sp³-hybridized carbons (Fsp3) is 0.296. The number of benzene rings is 3. The molecule has 0 saturated heterocycles. The number of carbonyl (C=O) groups is 1. The second-order valence-electron chi connectivity index (χ2n) is 7.68. The van der Waals surface area contributed by atoms with Crippen LogP contribution in [-0.4, -0.2) is 11.9 Å². The topological polar surface area (TPSA) is 17.1 Å². The highest BCUT2D eigenvalue weighted by Gasteiger charge is 2.46. The van der Waals surface area contributed by atoms with Crippen molar-refractivity contribution in [1.29, 1.82) is 0 Å². The molecule has 0 bridgehead atoms. The lowest BCUT2D eigenvalue weighted by molar-refractivity contribution is -0.116. The van der Waals surface area contributed by atoms with Crippen LogP contribution in [0.1, 0.15) is 45.4 Å². The summed E-state index contributed by atoms with van der Waals surface area (Å²) in [7, 11) is -2.02. The lowest BCUT2D eigenvalue weighted by Gasteiger charge is -2.27. The predicted octanol–water partition coefficient (Wildman–Crippen LogP) is 2.91. The third-order valence-electron chi connectivity index (χ3n) is 5.56. The first kappa shape index (κ1) is 24.3. The summed E-state index contributed by atoms with van der Waals surface area (Å²) in [5.41, 5.74) is 0. The van der Waals surface area contributed by atoms with Crippen LogP contribution in [0.4, 0.5) is 0 Å². The molecule has 158 valence electrons. The maximum atomic E-state index is 13.2. The molecule has 0 unspecified atom stereocenters. The van der Waals surface area contributed by atoms with Gasteiger partial charge in [0.2, 0.25) is 0 Å². The minimum Gasteiger partial charge on any atom is -1.00 e. The summed E-state index contributed by atoms with van der Waals surface area (Å²) in [5.74, 6) is 0.395. The van der Waals surface area contributed by atoms with Gasteiger partial charge in [0.15, 0.2) is 5.78 Å². The van der Waals surface area contributed by atoms with Crippen molar-refractivity contribution in [2.75, 3.05) is 6.16 Å². The molecule has 0 saturated carbocycles. The van der Waals surface area contributed by atoms with Crippen molar-refractivity contribution in [3.05, 3.63) is 91.0 Å². The Balaban J connectivity index is 0.00000320. The monoisotopic (exact) mass is 438 g/mol. The zero-order valence-electron chi connectivity index (χ0n) is 17.8. The molecule has 30 heavy (non-hydrogen) atoms. The van der Waals surface area contributed by atoms with E-state index in [1.807, 2.05) is 0 Å². The molecular weight excluding hydrogens is 407 g/mol. The predicted molar refractivity (Wildman–Crippen MR) is 128 cm³/mol. The van der Waals surface area contributed by atoms with Crippen LogP contribution in [-0.2, 0) is 4.79 Å². The molecule has 0 amide bonds. The van der Waals surface area contributed by atoms with Crippen molar-refractivity contribution in [3.63, 3.8) is 0 Å². The molecule has 3 rings (SSSR count). The highest BCUT2D eigenvalue weighted by atomic mass is 35.5. The number of halogens is 1. The quantitative estimate of drug-likeness (QED) is 0.332. The molecule has 0 aromatic heterocycles. The summed E-state index contributed by atoms with van der Waals surface area (Å²) in [6, 6.07) is 32.1. The van der Waals surface area contributed by atoms with Gasteiger partial charge in [0.1, 0.15) is 29.3 Å². The van der Waals surface area contributed by atoms with Gasteiger partial charge in [0, 0.05) is 6.42 Å². The summed E-state index contributed by atoms with van der Waals surface area (Å²) in [4.78, 5) is 13.2. The Morgan fingerprint density at radius 3 is 1.43 bits per heavy atom. The van der Waals surface area contributed by atoms with Crippen molar-refractivity contribution in [3.8, 4) is 0 Å². The average molecular weight is 439 g/mol. The summed E-state index contributed by atoms with van der Waals surface area (Å²) in [6.07, 6.45) is 7.21. The van der Waals surface area contributed by atoms with E-state index in [9.17, 15) is 4.79 Å². The number of hydrogen-bond donors (Lipinski definition) is 0. The Bertz CT molecular complexity index is 768. The molecule has 3 heteroatoms. The first-order valence-corrected chi connectivity index (χ1v) is 12.8. The Hall–Kier alpha value is -1.95. The third-order valence-corrected chi connectivity index (χ3v) is 9.93. The lowest BCUT2D eigenvalue weighted by Crippen LogP contribution is -3.00. The van der Waals surface area contributed by atoms with Gasteiger partial charge in [0.25, 0.3) is 0 Å². The van der Waals surface area contributed by atoms with E-state index in [1.54, 1.807) is 0 Å². The van der Waals surface area contributed by atoms with Crippen molar-refractivity contribution in [2.45, 2.75) is 45.4 Å². The molecular formula is C27H32ClOP. The zero-order valence-corrected chi connectivity index (χ0v) is 19.5. The standard InChI is InChI=1S/C27H32OP.ClH/c1-2-3-4-5-9-16-24(28)23-29(25-17-10-6-11-18-25,26-19-12-7-13-20-26)27-21-14-8-15-22-27;/h6-8,10-15,17-22H,2-5,9,16,23H2,1H3;1H/q+1;/p-1. The van der Waals surface area contributed by atoms with Crippen LogP contribution in [0.15, 0.2) is 91.0 Å². The van der Waals surface area contributed by atoms with E-state index < -0.39 is 7.26 Å². The fourth-order valence-electron chi connectivity index (χ4n) is 4.04. The Kier molecular flexibility index (Phi) is 10.3. The van der Waals surface area contributed by atoms with Crippen molar-refractivity contribution in [2.24, 2.45) is 0 Å². The molecule has 0 N–H and O–H groups in total. The van der Waals surface area contributed by atoms with Crippen molar-refractivity contribution in [1.82, 2.24) is 0 Å². The van der Waals surface area contributed by atoms with E-state index in [-0.39, 0.29) is 12.4 Å². The number of ketones is 1. The Morgan fingerprint density at radius 2 is 1.03 bits per heavy atom. The van der Waals surface area contributed by atoms with Gasteiger partial charge in [-0.15, -0.1) is 0 Å². The number of rotatable bonds is 11. The SMILES string of the molecule is CCCCCCCC(=O)C[P+](c1ccccc1)(c1ccccc1)c1ccccc1.[Cl-]. The molecule has 0 radical (unpaired) electrons. The van der Waals surface area contributed by atoms with Crippen LogP contribution in [0.3, 0.4) is 0 Å². The average Bonchev–Trinajstić information content (AvgIpc) is 2.79. The number of Topliss-reactive ketones (excluding diaryl/α,β-unsaturated/α-hetero) is 1. The zero-order chi connectivity index (χ0) is 20.4. The number of hydrogen-bond acceptors (Lipinski definition) is 1. The highest BCUT2D eigenvalue weighted by Crippen LogP contribution is 2.55. The van der Waals surface area contributed by atoms with Gasteiger partial charge >= 0.3 is 0 Å². The van der Waals surface area contributed by atoms with Gasteiger partial charge in [-0.05, 0) is 42.8 Å². The first-order chi connectivity index (χ1) is 14.3. The molecule has 0 aliphatic rings. The summed E-state index contributed by atoms with van der Waals surface area (Å²) in [5, 5.41) is 3.87. The highest BCUT2D eigenvalue weighted by molar-refractivity contribution is 7.96. The van der Waals surface area contributed by atoms with Crippen LogP contribution < -0.4 is 28.3 Å². The van der Waals surface area contributed by atoms with Gasteiger partial charge in [-0.25, -0.2) is 0 Å². The summed E-state index contributed by atoms with van der Waals surface area (Å²) >= 11 is 0. The number of carbonyl (C=O) groups excluding carboxylic acids is 1. The molecule has 3 aromatic rings. The van der Waals surface area contributed by atoms with Crippen LogP contribution in [0.5, 0.6) is 0 Å². The van der Waals surface area contributed by atoms with E-state index in [0.717, 1.165) is 12.8 Å². The fourth-order valence-corrected chi connectivity index (χ4v) is 8.21. The Labute approximate surface area is 188 Å². The maximum absolute atomic E-state index is 13.2. The summed E-state index contributed by atoms with van der Waals surface area (Å²) in [6.45, 7) is 2.23. The smallest absolute Gasteiger partial charge is 0.171 e. The molecule has 0 spiro atoms. The Morgan fingerprint density at radius 1 is 0.633 bits per heavy atom. The van der Waals surface area contributed by atoms with Gasteiger partial charge < -0.3 is 12.4 Å². The van der Waals surface area contributed by atoms with E-state index in [0.29, 0.717) is 18.4 Å². The third kappa shape index (κ3) is 6.03. The van der Waals surface area contributed by atoms with Gasteiger partial charge in [0.05, 0.1) is 0 Å². The van der Waals surface area contributed by atoms with Crippen molar-refractivity contribution >= 4 is 29.0 Å². The molecule has 0 aliphatic carbocycles. The maximum Gasteiger partial charge on any atom is 0.171 e. The molecule has 3 aromatic carbocycles. The lowest BCUT2D eigenvalue weighted by atomic mass is 10.1. The molecule has 0 aliphatic heterocycles. The van der Waals surface area contributed by atoms with Crippen molar-refractivity contribution < 1.29 is 17.2 Å². The van der Waals surface area contributed by atoms with E-state index in [2.05, 4.69) is 97.9 Å².